The molecule has 1 nitrogen and oxygen atoms in total. The minimum absolute atomic E-state index is 0.703. The van der Waals surface area contributed by atoms with Gasteiger partial charge in [-0.05, 0) is 56.7 Å². The largest absolute Gasteiger partial charge is 0.314 e. The third kappa shape index (κ3) is 2.84. The van der Waals surface area contributed by atoms with Crippen molar-refractivity contribution in [2.24, 2.45) is 17.8 Å². The zero-order chi connectivity index (χ0) is 11.5. The summed E-state index contributed by atoms with van der Waals surface area (Å²) in [6, 6.07) is 0.703. The molecule has 0 heterocycles. The lowest BCUT2D eigenvalue weighted by molar-refractivity contribution is 0.327. The minimum Gasteiger partial charge on any atom is -0.314 e. The summed E-state index contributed by atoms with van der Waals surface area (Å²) in [5, 5.41) is 4.52. The Labute approximate surface area is 104 Å². The van der Waals surface area contributed by atoms with E-state index >= 15 is 0 Å². The van der Waals surface area contributed by atoms with Gasteiger partial charge in [0.2, 0.25) is 0 Å². The molecule has 0 aromatic carbocycles. The molecular formula is C14H25NS. The molecule has 0 amide bonds. The molecule has 2 aliphatic rings. The van der Waals surface area contributed by atoms with Gasteiger partial charge in [-0.2, -0.15) is 11.8 Å². The van der Waals surface area contributed by atoms with Gasteiger partial charge in [0.15, 0.2) is 0 Å². The number of allylic oxidation sites excluding steroid dienone is 2. The Bertz CT molecular complexity index is 251. The summed E-state index contributed by atoms with van der Waals surface area (Å²) in [7, 11) is 0. The van der Waals surface area contributed by atoms with Crippen LogP contribution in [0.15, 0.2) is 12.2 Å². The van der Waals surface area contributed by atoms with Gasteiger partial charge in [0.05, 0.1) is 0 Å². The number of rotatable bonds is 6. The maximum absolute atomic E-state index is 3.73. The lowest BCUT2D eigenvalue weighted by Crippen LogP contribution is -2.36. The van der Waals surface area contributed by atoms with Gasteiger partial charge < -0.3 is 5.32 Å². The third-order valence-electron chi connectivity index (χ3n) is 4.39. The highest BCUT2D eigenvalue weighted by atomic mass is 32.2. The van der Waals surface area contributed by atoms with Crippen LogP contribution >= 0.6 is 11.8 Å². The number of nitrogens with one attached hydrogen (secondary N) is 1. The van der Waals surface area contributed by atoms with Crippen molar-refractivity contribution < 1.29 is 0 Å². The Balaban J connectivity index is 1.68. The van der Waals surface area contributed by atoms with Gasteiger partial charge in [-0.1, -0.05) is 19.1 Å². The summed E-state index contributed by atoms with van der Waals surface area (Å²) in [5.41, 5.74) is 0. The zero-order valence-corrected chi connectivity index (χ0v) is 11.6. The Morgan fingerprint density at radius 2 is 2.12 bits per heavy atom. The molecule has 16 heavy (non-hydrogen) atoms. The minimum atomic E-state index is 0.703. The second-order valence-corrected chi connectivity index (χ2v) is 6.80. The molecule has 1 saturated carbocycles. The van der Waals surface area contributed by atoms with E-state index in [0.29, 0.717) is 6.04 Å². The van der Waals surface area contributed by atoms with Crippen molar-refractivity contribution in [1.29, 1.82) is 0 Å². The standard InChI is InChI=1S/C14H25NS/c1-10(16-3)6-7-15-11(2)14-9-12-4-5-13(14)8-12/h4-5,10-15H,6-9H2,1-3H3. The third-order valence-corrected chi connectivity index (χ3v) is 5.43. The molecule has 5 atom stereocenters. The first-order chi connectivity index (χ1) is 7.70. The molecule has 0 aromatic heterocycles. The number of thioether (sulfide) groups is 1. The van der Waals surface area contributed by atoms with Crippen molar-refractivity contribution in [1.82, 2.24) is 5.32 Å². The molecule has 5 unspecified atom stereocenters. The molecule has 2 aliphatic carbocycles. The molecule has 92 valence electrons. The Hall–Kier alpha value is 0.0500. The van der Waals surface area contributed by atoms with Crippen molar-refractivity contribution in [3.8, 4) is 0 Å². The van der Waals surface area contributed by atoms with Gasteiger partial charge in [0, 0.05) is 11.3 Å². The van der Waals surface area contributed by atoms with E-state index < -0.39 is 0 Å². The quantitative estimate of drug-likeness (QED) is 0.714. The van der Waals surface area contributed by atoms with Gasteiger partial charge >= 0.3 is 0 Å². The normalized spacial score (nSPS) is 35.6. The lowest BCUT2D eigenvalue weighted by Gasteiger charge is -2.26. The second kappa shape index (κ2) is 5.59. The first-order valence-electron chi connectivity index (χ1n) is 6.65. The van der Waals surface area contributed by atoms with Crippen LogP contribution in [0.25, 0.3) is 0 Å². The van der Waals surface area contributed by atoms with Crippen LogP contribution in [0.3, 0.4) is 0 Å². The number of fused-ring (bicyclic) bond motifs is 2. The van der Waals surface area contributed by atoms with Crippen molar-refractivity contribution >= 4 is 11.8 Å². The van der Waals surface area contributed by atoms with Gasteiger partial charge in [-0.3, -0.25) is 0 Å². The molecule has 2 rings (SSSR count). The summed E-state index contributed by atoms with van der Waals surface area (Å²) in [6.07, 6.45) is 11.2. The molecular weight excluding hydrogens is 214 g/mol. The van der Waals surface area contributed by atoms with Crippen LogP contribution in [0.2, 0.25) is 0 Å². The van der Waals surface area contributed by atoms with Gasteiger partial charge in [-0.15, -0.1) is 0 Å². The number of hydrogen-bond acceptors (Lipinski definition) is 2. The molecule has 1 fully saturated rings. The maximum atomic E-state index is 3.73. The molecule has 0 aromatic rings. The van der Waals surface area contributed by atoms with E-state index in [9.17, 15) is 0 Å². The van der Waals surface area contributed by atoms with Crippen LogP contribution in [0.4, 0.5) is 0 Å². The lowest BCUT2D eigenvalue weighted by atomic mass is 9.87. The predicted octanol–water partition coefficient (Wildman–Crippen LogP) is 3.32. The second-order valence-electron chi connectivity index (χ2n) is 5.52. The smallest absolute Gasteiger partial charge is 0.00728 e. The SMILES string of the molecule is CSC(C)CCNC(C)C1CC2C=CC1C2. The topological polar surface area (TPSA) is 12.0 Å². The Morgan fingerprint density at radius 3 is 2.69 bits per heavy atom. The zero-order valence-electron chi connectivity index (χ0n) is 10.8. The molecule has 2 bridgehead atoms. The summed E-state index contributed by atoms with van der Waals surface area (Å²) < 4.78 is 0. The van der Waals surface area contributed by atoms with E-state index in [1.54, 1.807) is 0 Å². The summed E-state index contributed by atoms with van der Waals surface area (Å²) in [5.74, 6) is 2.69. The van der Waals surface area contributed by atoms with Gasteiger partial charge in [0.1, 0.15) is 0 Å². The van der Waals surface area contributed by atoms with Crippen LogP contribution in [0, 0.1) is 17.8 Å². The molecule has 0 spiro atoms. The van der Waals surface area contributed by atoms with E-state index in [1.165, 1.54) is 25.8 Å². The van der Waals surface area contributed by atoms with E-state index in [0.717, 1.165) is 23.0 Å². The maximum Gasteiger partial charge on any atom is 0.00728 e. The van der Waals surface area contributed by atoms with E-state index in [-0.39, 0.29) is 0 Å². The highest BCUT2D eigenvalue weighted by Gasteiger charge is 2.38. The monoisotopic (exact) mass is 239 g/mol. The predicted molar refractivity (Wildman–Crippen MR) is 73.9 cm³/mol. The first kappa shape index (κ1) is 12.5. The van der Waals surface area contributed by atoms with Gasteiger partial charge in [-0.25, -0.2) is 0 Å². The van der Waals surface area contributed by atoms with Crippen molar-refractivity contribution in [2.75, 3.05) is 12.8 Å². The van der Waals surface area contributed by atoms with Crippen LogP contribution in [0.5, 0.6) is 0 Å². The van der Waals surface area contributed by atoms with Crippen LogP contribution in [0.1, 0.15) is 33.1 Å². The Kier molecular flexibility index (Phi) is 4.37. The fourth-order valence-electron chi connectivity index (χ4n) is 3.18. The summed E-state index contributed by atoms with van der Waals surface area (Å²) >= 11 is 1.97. The van der Waals surface area contributed by atoms with Crippen molar-refractivity contribution in [3.63, 3.8) is 0 Å². The van der Waals surface area contributed by atoms with Crippen LogP contribution < -0.4 is 5.32 Å². The van der Waals surface area contributed by atoms with Crippen LogP contribution in [-0.4, -0.2) is 24.1 Å². The molecule has 1 N–H and O–H groups in total. The fraction of sp³-hybridized carbons (Fsp3) is 0.857. The van der Waals surface area contributed by atoms with E-state index in [1.807, 2.05) is 11.8 Å². The molecule has 2 heteroatoms. The van der Waals surface area contributed by atoms with Crippen molar-refractivity contribution in [3.05, 3.63) is 12.2 Å². The first-order valence-corrected chi connectivity index (χ1v) is 7.94. The Morgan fingerprint density at radius 1 is 1.31 bits per heavy atom. The van der Waals surface area contributed by atoms with E-state index in [4.69, 9.17) is 0 Å². The molecule has 0 aliphatic heterocycles. The fourth-order valence-corrected chi connectivity index (χ4v) is 3.54. The summed E-state index contributed by atoms with van der Waals surface area (Å²) in [6.45, 7) is 5.88. The van der Waals surface area contributed by atoms with E-state index in [2.05, 4.69) is 37.6 Å². The summed E-state index contributed by atoms with van der Waals surface area (Å²) in [4.78, 5) is 0. The highest BCUT2D eigenvalue weighted by molar-refractivity contribution is 7.99. The molecule has 0 saturated heterocycles. The average molecular weight is 239 g/mol. The van der Waals surface area contributed by atoms with Crippen molar-refractivity contribution in [2.45, 2.75) is 44.4 Å². The highest BCUT2D eigenvalue weighted by Crippen LogP contribution is 2.44. The van der Waals surface area contributed by atoms with Gasteiger partial charge in [0.25, 0.3) is 0 Å². The molecule has 0 radical (unpaired) electrons. The number of hydrogen-bond donors (Lipinski definition) is 1. The average Bonchev–Trinajstić information content (AvgIpc) is 2.90. The van der Waals surface area contributed by atoms with Crippen LogP contribution in [-0.2, 0) is 0 Å².